The number of hydrogen-bond donors (Lipinski definition) is 1. The number of aryl methyl sites for hydroxylation is 1. The van der Waals surface area contributed by atoms with Crippen LogP contribution in [0.15, 0.2) is 51.9 Å². The van der Waals surface area contributed by atoms with Gasteiger partial charge in [0.25, 0.3) is 0 Å². The molecule has 0 amide bonds. The summed E-state index contributed by atoms with van der Waals surface area (Å²) in [4.78, 5) is 0.253. The van der Waals surface area contributed by atoms with E-state index in [1.165, 1.54) is 18.4 Å². The third-order valence-electron chi connectivity index (χ3n) is 3.43. The summed E-state index contributed by atoms with van der Waals surface area (Å²) >= 11 is 0. The lowest BCUT2D eigenvalue weighted by Crippen LogP contribution is -2.03. The molecule has 0 bridgehead atoms. The highest BCUT2D eigenvalue weighted by atomic mass is 32.2. The van der Waals surface area contributed by atoms with E-state index in [1.54, 1.807) is 12.1 Å². The highest BCUT2D eigenvalue weighted by molar-refractivity contribution is 7.90. The van der Waals surface area contributed by atoms with Gasteiger partial charge in [0.05, 0.1) is 11.4 Å². The Bertz CT molecular complexity index is 910. The van der Waals surface area contributed by atoms with Gasteiger partial charge in [0.1, 0.15) is 0 Å². The number of rotatable bonds is 5. The predicted octanol–water partition coefficient (Wildman–Crippen LogP) is 2.09. The van der Waals surface area contributed by atoms with E-state index in [0.29, 0.717) is 24.0 Å². The molecule has 0 aliphatic rings. The predicted molar refractivity (Wildman–Crippen MR) is 85.6 cm³/mol. The second-order valence-corrected chi connectivity index (χ2v) is 7.19. The minimum absolute atomic E-state index is 0.253. The van der Waals surface area contributed by atoms with Crippen molar-refractivity contribution in [1.82, 2.24) is 14.8 Å². The molecule has 2 heterocycles. The molecule has 0 fully saturated rings. The zero-order chi connectivity index (χ0) is 16.4. The summed E-state index contributed by atoms with van der Waals surface area (Å²) in [6, 6.07) is 10.6. The van der Waals surface area contributed by atoms with Crippen molar-refractivity contribution in [2.75, 3.05) is 11.6 Å². The van der Waals surface area contributed by atoms with Crippen molar-refractivity contribution in [2.24, 2.45) is 7.05 Å². The molecule has 2 aromatic heterocycles. The molecule has 7 nitrogen and oxygen atoms in total. The number of sulfone groups is 1. The van der Waals surface area contributed by atoms with Crippen LogP contribution in [0.4, 0.5) is 6.01 Å². The molecule has 0 aliphatic carbocycles. The summed E-state index contributed by atoms with van der Waals surface area (Å²) in [5.74, 6) is 0.333. The third kappa shape index (κ3) is 3.42. The molecule has 3 aromatic rings. The van der Waals surface area contributed by atoms with Crippen molar-refractivity contribution in [3.8, 4) is 11.5 Å². The summed E-state index contributed by atoms with van der Waals surface area (Å²) in [5, 5.41) is 11.0. The van der Waals surface area contributed by atoms with Crippen molar-refractivity contribution in [3.05, 3.63) is 48.3 Å². The quantitative estimate of drug-likeness (QED) is 0.769. The van der Waals surface area contributed by atoms with E-state index in [4.69, 9.17) is 4.42 Å². The Morgan fingerprint density at radius 2 is 1.91 bits per heavy atom. The smallest absolute Gasteiger partial charge is 0.316 e. The van der Waals surface area contributed by atoms with Crippen molar-refractivity contribution in [2.45, 2.75) is 11.4 Å². The third-order valence-corrected chi connectivity index (χ3v) is 4.55. The number of nitrogens with zero attached hydrogens (tertiary/aromatic N) is 3. The molecule has 1 aromatic carbocycles. The Morgan fingerprint density at radius 1 is 1.17 bits per heavy atom. The van der Waals surface area contributed by atoms with Crippen LogP contribution in [0.2, 0.25) is 0 Å². The maximum Gasteiger partial charge on any atom is 0.316 e. The number of nitrogens with one attached hydrogen (secondary N) is 1. The molecule has 23 heavy (non-hydrogen) atoms. The normalized spacial score (nSPS) is 11.6. The minimum atomic E-state index is -3.22. The Kier molecular flexibility index (Phi) is 3.91. The Labute approximate surface area is 133 Å². The van der Waals surface area contributed by atoms with Crippen LogP contribution in [0.3, 0.4) is 0 Å². The van der Waals surface area contributed by atoms with Gasteiger partial charge >= 0.3 is 6.01 Å². The number of anilines is 1. The number of benzene rings is 1. The largest absolute Gasteiger partial charge is 0.403 e. The zero-order valence-electron chi connectivity index (χ0n) is 12.7. The second-order valence-electron chi connectivity index (χ2n) is 5.17. The van der Waals surface area contributed by atoms with E-state index in [1.807, 2.05) is 29.9 Å². The summed E-state index contributed by atoms with van der Waals surface area (Å²) in [7, 11) is -1.26. The van der Waals surface area contributed by atoms with Crippen LogP contribution in [0, 0.1) is 0 Å². The Hall–Kier alpha value is -2.61. The molecule has 0 atom stereocenters. The van der Waals surface area contributed by atoms with E-state index >= 15 is 0 Å². The molecular weight excluding hydrogens is 316 g/mol. The summed E-state index contributed by atoms with van der Waals surface area (Å²) in [5.41, 5.74) is 1.75. The van der Waals surface area contributed by atoms with E-state index in [2.05, 4.69) is 15.5 Å². The second kappa shape index (κ2) is 5.88. The van der Waals surface area contributed by atoms with Crippen LogP contribution in [-0.4, -0.2) is 29.4 Å². The topological polar surface area (TPSA) is 90.0 Å². The molecule has 0 spiro atoms. The number of hydrogen-bond acceptors (Lipinski definition) is 6. The summed E-state index contributed by atoms with van der Waals surface area (Å²) in [6.07, 6.45) is 3.12. The fourth-order valence-corrected chi connectivity index (χ4v) is 2.73. The molecule has 0 saturated carbocycles. The first-order valence-electron chi connectivity index (χ1n) is 6.91. The molecule has 8 heteroatoms. The standard InChI is InChI=1S/C15H16N4O3S/c1-19-9-3-4-12(19)10-16-15-18-17-14(22-15)11-5-7-13(8-6-11)23(2,20)21/h3-9H,10H2,1-2H3,(H,16,18). The van der Waals surface area contributed by atoms with Gasteiger partial charge in [-0.3, -0.25) is 0 Å². The average Bonchev–Trinajstić information content (AvgIpc) is 3.13. The molecule has 0 saturated heterocycles. The highest BCUT2D eigenvalue weighted by Gasteiger charge is 2.11. The van der Waals surface area contributed by atoms with Gasteiger partial charge in [-0.15, -0.1) is 5.10 Å². The van der Waals surface area contributed by atoms with E-state index in [-0.39, 0.29) is 4.90 Å². The SMILES string of the molecule is Cn1cccc1CNc1nnc(-c2ccc(S(C)(=O)=O)cc2)o1. The van der Waals surface area contributed by atoms with Crippen molar-refractivity contribution in [1.29, 1.82) is 0 Å². The lowest BCUT2D eigenvalue weighted by atomic mass is 10.2. The van der Waals surface area contributed by atoms with Gasteiger partial charge in [0.15, 0.2) is 9.84 Å². The van der Waals surface area contributed by atoms with Crippen LogP contribution in [0.1, 0.15) is 5.69 Å². The summed E-state index contributed by atoms with van der Waals surface area (Å²) in [6.45, 7) is 0.568. The fourth-order valence-electron chi connectivity index (χ4n) is 2.10. The van der Waals surface area contributed by atoms with Gasteiger partial charge in [0, 0.05) is 30.8 Å². The molecule has 1 N–H and O–H groups in total. The van der Waals surface area contributed by atoms with Crippen molar-refractivity contribution < 1.29 is 12.8 Å². The first kappa shape index (κ1) is 15.3. The zero-order valence-corrected chi connectivity index (χ0v) is 13.5. The Morgan fingerprint density at radius 3 is 2.52 bits per heavy atom. The molecule has 0 aliphatic heterocycles. The Balaban J connectivity index is 1.73. The average molecular weight is 332 g/mol. The molecule has 3 rings (SSSR count). The maximum absolute atomic E-state index is 11.4. The minimum Gasteiger partial charge on any atom is -0.403 e. The van der Waals surface area contributed by atoms with Gasteiger partial charge in [-0.1, -0.05) is 5.10 Å². The van der Waals surface area contributed by atoms with Crippen LogP contribution in [-0.2, 0) is 23.4 Å². The number of aromatic nitrogens is 3. The van der Waals surface area contributed by atoms with Crippen LogP contribution < -0.4 is 5.32 Å². The van der Waals surface area contributed by atoms with Gasteiger partial charge in [0.2, 0.25) is 5.89 Å². The van der Waals surface area contributed by atoms with Crippen LogP contribution >= 0.6 is 0 Å². The summed E-state index contributed by atoms with van der Waals surface area (Å²) < 4.78 is 30.4. The van der Waals surface area contributed by atoms with Crippen molar-refractivity contribution >= 4 is 15.9 Å². The van der Waals surface area contributed by atoms with Crippen molar-refractivity contribution in [3.63, 3.8) is 0 Å². The van der Waals surface area contributed by atoms with Gasteiger partial charge in [-0.05, 0) is 36.4 Å². The monoisotopic (exact) mass is 332 g/mol. The van der Waals surface area contributed by atoms with Gasteiger partial charge < -0.3 is 14.3 Å². The lowest BCUT2D eigenvalue weighted by molar-refractivity contribution is 0.579. The molecule has 0 unspecified atom stereocenters. The van der Waals surface area contributed by atoms with E-state index in [0.717, 1.165) is 5.69 Å². The van der Waals surface area contributed by atoms with E-state index in [9.17, 15) is 8.42 Å². The van der Waals surface area contributed by atoms with E-state index < -0.39 is 9.84 Å². The lowest BCUT2D eigenvalue weighted by Gasteiger charge is -2.02. The maximum atomic E-state index is 11.4. The van der Waals surface area contributed by atoms with Crippen LogP contribution in [0.5, 0.6) is 0 Å². The fraction of sp³-hybridized carbons (Fsp3) is 0.200. The molecular formula is C15H16N4O3S. The molecule has 0 radical (unpaired) electrons. The molecule has 120 valence electrons. The van der Waals surface area contributed by atoms with Gasteiger partial charge in [-0.25, -0.2) is 8.42 Å². The van der Waals surface area contributed by atoms with Gasteiger partial charge in [-0.2, -0.15) is 0 Å². The highest BCUT2D eigenvalue weighted by Crippen LogP contribution is 2.22. The first-order chi connectivity index (χ1) is 10.9. The first-order valence-corrected chi connectivity index (χ1v) is 8.81. The van der Waals surface area contributed by atoms with Crippen LogP contribution in [0.25, 0.3) is 11.5 Å².